The lowest BCUT2D eigenvalue weighted by Crippen LogP contribution is -2.11. The lowest BCUT2D eigenvalue weighted by molar-refractivity contribution is -0.114. The number of carbonyl (C=O) groups excluding carboxylic acids is 1. The van der Waals surface area contributed by atoms with E-state index in [1.54, 1.807) is 18.2 Å². The maximum absolute atomic E-state index is 13.4. The molecule has 7 nitrogen and oxygen atoms in total. The average Bonchev–Trinajstić information content (AvgIpc) is 2.68. The molecule has 0 aliphatic carbocycles. The molecule has 0 fully saturated rings. The lowest BCUT2D eigenvalue weighted by atomic mass is 10.2. The maximum Gasteiger partial charge on any atom is 0.221 e. The SMILES string of the molecule is CCOCCOc1cc2ncnc(Nc3ccc(F)c(Cl)c3)c2cc1NC(C)=O. The van der Waals surface area contributed by atoms with Gasteiger partial charge in [-0.3, -0.25) is 4.79 Å². The molecule has 0 saturated heterocycles. The number of amides is 1. The molecule has 0 radical (unpaired) electrons. The topological polar surface area (TPSA) is 85.4 Å². The summed E-state index contributed by atoms with van der Waals surface area (Å²) in [7, 11) is 0. The van der Waals surface area contributed by atoms with Gasteiger partial charge in [0, 0.05) is 30.7 Å². The van der Waals surface area contributed by atoms with E-state index in [4.69, 9.17) is 21.1 Å². The van der Waals surface area contributed by atoms with E-state index in [0.717, 1.165) is 0 Å². The van der Waals surface area contributed by atoms with Crippen LogP contribution in [0.1, 0.15) is 13.8 Å². The highest BCUT2D eigenvalue weighted by Crippen LogP contribution is 2.33. The fraction of sp³-hybridized carbons (Fsp3) is 0.250. The molecular weight excluding hydrogens is 399 g/mol. The Morgan fingerprint density at radius 3 is 2.76 bits per heavy atom. The number of anilines is 3. The van der Waals surface area contributed by atoms with Crippen LogP contribution in [0.25, 0.3) is 10.9 Å². The zero-order valence-corrected chi connectivity index (χ0v) is 16.7. The summed E-state index contributed by atoms with van der Waals surface area (Å²) in [5, 5.41) is 6.50. The van der Waals surface area contributed by atoms with Gasteiger partial charge >= 0.3 is 0 Å². The van der Waals surface area contributed by atoms with Crippen molar-refractivity contribution in [2.24, 2.45) is 0 Å². The van der Waals surface area contributed by atoms with Gasteiger partial charge in [0.1, 0.15) is 30.3 Å². The number of benzene rings is 2. The van der Waals surface area contributed by atoms with Crippen molar-refractivity contribution in [2.45, 2.75) is 13.8 Å². The highest BCUT2D eigenvalue weighted by Gasteiger charge is 2.13. The third-order valence-corrected chi connectivity index (χ3v) is 4.21. The first-order valence-electron chi connectivity index (χ1n) is 8.97. The van der Waals surface area contributed by atoms with E-state index in [2.05, 4.69) is 20.6 Å². The third kappa shape index (κ3) is 5.30. The summed E-state index contributed by atoms with van der Waals surface area (Å²) in [6.07, 6.45) is 1.40. The summed E-state index contributed by atoms with van der Waals surface area (Å²) >= 11 is 5.85. The van der Waals surface area contributed by atoms with Crippen molar-refractivity contribution >= 4 is 45.6 Å². The summed E-state index contributed by atoms with van der Waals surface area (Å²) in [6, 6.07) is 7.72. The molecule has 9 heteroatoms. The second-order valence-corrected chi connectivity index (χ2v) is 6.48. The molecule has 0 saturated carbocycles. The number of hydrogen-bond donors (Lipinski definition) is 2. The number of aromatic nitrogens is 2. The molecule has 1 heterocycles. The Morgan fingerprint density at radius 2 is 2.03 bits per heavy atom. The fourth-order valence-corrected chi connectivity index (χ4v) is 2.84. The number of hydrogen-bond acceptors (Lipinski definition) is 6. The molecule has 0 aliphatic heterocycles. The van der Waals surface area contributed by atoms with E-state index >= 15 is 0 Å². The van der Waals surface area contributed by atoms with Crippen LogP contribution < -0.4 is 15.4 Å². The van der Waals surface area contributed by atoms with Crippen LogP contribution in [0, 0.1) is 5.82 Å². The fourth-order valence-electron chi connectivity index (χ4n) is 2.66. The van der Waals surface area contributed by atoms with Gasteiger partial charge in [0.05, 0.1) is 22.8 Å². The van der Waals surface area contributed by atoms with Crippen molar-refractivity contribution in [3.8, 4) is 5.75 Å². The van der Waals surface area contributed by atoms with Gasteiger partial charge in [0.15, 0.2) is 0 Å². The minimum atomic E-state index is -0.508. The molecule has 1 amide bonds. The highest BCUT2D eigenvalue weighted by atomic mass is 35.5. The zero-order chi connectivity index (χ0) is 20.8. The quantitative estimate of drug-likeness (QED) is 0.522. The van der Waals surface area contributed by atoms with Gasteiger partial charge in [0.2, 0.25) is 5.91 Å². The molecule has 2 N–H and O–H groups in total. The predicted molar refractivity (Wildman–Crippen MR) is 111 cm³/mol. The van der Waals surface area contributed by atoms with Crippen LogP contribution in [-0.2, 0) is 9.53 Å². The van der Waals surface area contributed by atoms with Gasteiger partial charge in [-0.1, -0.05) is 11.6 Å². The molecule has 0 atom stereocenters. The number of halogens is 2. The Labute approximate surface area is 172 Å². The molecule has 0 bridgehead atoms. The summed E-state index contributed by atoms with van der Waals surface area (Å²) in [5.74, 6) is 0.203. The summed E-state index contributed by atoms with van der Waals surface area (Å²) < 4.78 is 24.4. The zero-order valence-electron chi connectivity index (χ0n) is 16.0. The first-order valence-corrected chi connectivity index (χ1v) is 9.34. The monoisotopic (exact) mass is 418 g/mol. The Morgan fingerprint density at radius 1 is 1.21 bits per heavy atom. The van der Waals surface area contributed by atoms with Gasteiger partial charge < -0.3 is 20.1 Å². The Bertz CT molecular complexity index is 1030. The molecule has 3 rings (SSSR count). The summed E-state index contributed by atoms with van der Waals surface area (Å²) in [6.45, 7) is 4.66. The molecule has 29 heavy (non-hydrogen) atoms. The van der Waals surface area contributed by atoms with Crippen molar-refractivity contribution in [1.82, 2.24) is 9.97 Å². The first-order chi connectivity index (χ1) is 14.0. The van der Waals surface area contributed by atoms with Crippen molar-refractivity contribution in [3.63, 3.8) is 0 Å². The van der Waals surface area contributed by atoms with Crippen molar-refractivity contribution < 1.29 is 18.7 Å². The van der Waals surface area contributed by atoms with Crippen LogP contribution in [0.2, 0.25) is 5.02 Å². The molecule has 0 spiro atoms. The number of nitrogens with zero attached hydrogens (tertiary/aromatic N) is 2. The van der Waals surface area contributed by atoms with Crippen LogP contribution in [-0.4, -0.2) is 35.7 Å². The second-order valence-electron chi connectivity index (χ2n) is 6.07. The van der Waals surface area contributed by atoms with E-state index in [1.807, 2.05) is 6.92 Å². The molecule has 0 aliphatic rings. The Hall–Kier alpha value is -2.97. The lowest BCUT2D eigenvalue weighted by Gasteiger charge is -2.15. The average molecular weight is 419 g/mol. The minimum Gasteiger partial charge on any atom is -0.489 e. The second kappa shape index (κ2) is 9.49. The molecule has 3 aromatic rings. The predicted octanol–water partition coefficient (Wildman–Crippen LogP) is 4.54. The van der Waals surface area contributed by atoms with E-state index in [0.29, 0.717) is 53.7 Å². The normalized spacial score (nSPS) is 10.8. The van der Waals surface area contributed by atoms with E-state index < -0.39 is 5.82 Å². The largest absolute Gasteiger partial charge is 0.489 e. The van der Waals surface area contributed by atoms with Crippen LogP contribution >= 0.6 is 11.6 Å². The smallest absolute Gasteiger partial charge is 0.221 e. The Balaban J connectivity index is 1.96. The minimum absolute atomic E-state index is 0.00252. The van der Waals surface area contributed by atoms with E-state index in [1.165, 1.54) is 25.4 Å². The van der Waals surface area contributed by atoms with Crippen LogP contribution in [0.4, 0.5) is 21.6 Å². The van der Waals surface area contributed by atoms with Crippen molar-refractivity contribution in [3.05, 3.63) is 47.5 Å². The van der Waals surface area contributed by atoms with Gasteiger partial charge in [-0.05, 0) is 31.2 Å². The Kier molecular flexibility index (Phi) is 6.79. The molecule has 0 unspecified atom stereocenters. The molecule has 1 aromatic heterocycles. The molecule has 2 aromatic carbocycles. The third-order valence-electron chi connectivity index (χ3n) is 3.92. The van der Waals surface area contributed by atoms with Gasteiger partial charge in [0.25, 0.3) is 0 Å². The highest BCUT2D eigenvalue weighted by molar-refractivity contribution is 6.31. The van der Waals surface area contributed by atoms with E-state index in [-0.39, 0.29) is 10.9 Å². The molecule has 152 valence electrons. The first kappa shape index (κ1) is 20.8. The standard InChI is InChI=1S/C20H20ClFN4O3/c1-3-28-6-7-29-19-10-17-14(9-18(19)25-12(2)27)20(24-11-23-17)26-13-4-5-16(22)15(21)8-13/h4-5,8-11H,3,6-7H2,1-2H3,(H,25,27)(H,23,24,26). The number of rotatable bonds is 8. The van der Waals surface area contributed by atoms with Crippen molar-refractivity contribution in [2.75, 3.05) is 30.5 Å². The van der Waals surface area contributed by atoms with Gasteiger partial charge in [-0.15, -0.1) is 0 Å². The van der Waals surface area contributed by atoms with Gasteiger partial charge in [-0.25, -0.2) is 14.4 Å². The van der Waals surface area contributed by atoms with Crippen LogP contribution in [0.15, 0.2) is 36.7 Å². The number of ether oxygens (including phenoxy) is 2. The van der Waals surface area contributed by atoms with Crippen LogP contribution in [0.3, 0.4) is 0 Å². The maximum atomic E-state index is 13.4. The van der Waals surface area contributed by atoms with Crippen molar-refractivity contribution in [1.29, 1.82) is 0 Å². The number of fused-ring (bicyclic) bond motifs is 1. The van der Waals surface area contributed by atoms with E-state index in [9.17, 15) is 9.18 Å². The summed E-state index contributed by atoms with van der Waals surface area (Å²) in [5.41, 5.74) is 1.65. The van der Waals surface area contributed by atoms with Gasteiger partial charge in [-0.2, -0.15) is 0 Å². The molecular formula is C20H20ClFN4O3. The number of carbonyl (C=O) groups is 1. The van der Waals surface area contributed by atoms with Crippen LogP contribution in [0.5, 0.6) is 5.75 Å². The summed E-state index contributed by atoms with van der Waals surface area (Å²) in [4.78, 5) is 20.2. The number of nitrogens with one attached hydrogen (secondary N) is 2.